The maximum Gasteiger partial charge on any atom is 0.262 e. The summed E-state index contributed by atoms with van der Waals surface area (Å²) in [5, 5.41) is 10.1. The quantitative estimate of drug-likeness (QED) is 0.401. The predicted octanol–water partition coefficient (Wildman–Crippen LogP) is 6.14. The van der Waals surface area contributed by atoms with Crippen LogP contribution in [0.5, 0.6) is 5.75 Å². The third kappa shape index (κ3) is 5.61. The summed E-state index contributed by atoms with van der Waals surface area (Å²) in [6, 6.07) is 20.9. The van der Waals surface area contributed by atoms with Gasteiger partial charge in [0.05, 0.1) is 18.9 Å². The second kappa shape index (κ2) is 11.0. The van der Waals surface area contributed by atoms with Crippen molar-refractivity contribution < 1.29 is 14.3 Å². The lowest BCUT2D eigenvalue weighted by Gasteiger charge is -2.23. The maximum absolute atomic E-state index is 12.8. The molecule has 2 amide bonds. The summed E-state index contributed by atoms with van der Waals surface area (Å²) in [6.45, 7) is 4.02. The number of aliphatic imine (C=N–C) groups is 1. The van der Waals surface area contributed by atoms with Crippen molar-refractivity contribution in [3.05, 3.63) is 94.0 Å². The Morgan fingerprint density at radius 2 is 1.82 bits per heavy atom. The molecule has 7 nitrogen and oxygen atoms in total. The number of anilines is 1. The highest BCUT2D eigenvalue weighted by Crippen LogP contribution is 2.39. The van der Waals surface area contributed by atoms with Crippen molar-refractivity contribution >= 4 is 51.7 Å². The minimum Gasteiger partial charge on any atom is -0.497 e. The second-order valence-electron chi connectivity index (χ2n) is 9.28. The predicted molar refractivity (Wildman–Crippen MR) is 153 cm³/mol. The Labute approximate surface area is 230 Å². The van der Waals surface area contributed by atoms with Crippen molar-refractivity contribution in [1.29, 1.82) is 0 Å². The topological polar surface area (TPSA) is 83.4 Å². The van der Waals surface area contributed by atoms with E-state index in [0.29, 0.717) is 22.3 Å². The molecule has 2 heterocycles. The SMILES string of the molecule is COc1ccc([C@@H]2CC(c3ccc(Cl)cc3)=NN2C2=NC(=O)[C@@H](CC(=O)Nc3ccc(C)c(C)c3)S2)cc1. The largest absolute Gasteiger partial charge is 0.497 e. The van der Waals surface area contributed by atoms with E-state index in [2.05, 4.69) is 10.3 Å². The molecule has 0 unspecified atom stereocenters. The number of hydrogen-bond acceptors (Lipinski definition) is 6. The molecule has 0 bridgehead atoms. The van der Waals surface area contributed by atoms with Gasteiger partial charge in [0.15, 0.2) is 5.17 Å². The van der Waals surface area contributed by atoms with Crippen molar-refractivity contribution in [2.24, 2.45) is 10.1 Å². The molecular formula is C29H27ClN4O3S. The first-order valence-electron chi connectivity index (χ1n) is 12.2. The van der Waals surface area contributed by atoms with E-state index < -0.39 is 5.25 Å². The Bertz CT molecular complexity index is 1440. The average Bonchev–Trinajstić information content (AvgIpc) is 3.50. The van der Waals surface area contributed by atoms with E-state index in [4.69, 9.17) is 21.4 Å². The Morgan fingerprint density at radius 3 is 2.50 bits per heavy atom. The van der Waals surface area contributed by atoms with Crippen LogP contribution < -0.4 is 10.1 Å². The number of hydrogen-bond donors (Lipinski definition) is 1. The third-order valence-corrected chi connectivity index (χ3v) is 8.07. The first kappa shape index (κ1) is 26.0. The number of aryl methyl sites for hydroxylation is 2. The molecule has 194 valence electrons. The normalized spacial score (nSPS) is 18.8. The molecule has 2 atom stereocenters. The van der Waals surface area contributed by atoms with Gasteiger partial charge in [-0.05, 0) is 72.5 Å². The highest BCUT2D eigenvalue weighted by atomic mass is 35.5. The lowest BCUT2D eigenvalue weighted by Crippen LogP contribution is -2.25. The van der Waals surface area contributed by atoms with Gasteiger partial charge >= 0.3 is 0 Å². The van der Waals surface area contributed by atoms with Gasteiger partial charge in [-0.15, -0.1) is 0 Å². The molecule has 0 radical (unpaired) electrons. The lowest BCUT2D eigenvalue weighted by atomic mass is 9.98. The minimum atomic E-state index is -0.608. The number of halogens is 1. The summed E-state index contributed by atoms with van der Waals surface area (Å²) >= 11 is 7.37. The summed E-state index contributed by atoms with van der Waals surface area (Å²) in [5.41, 5.74) is 5.80. The highest BCUT2D eigenvalue weighted by molar-refractivity contribution is 8.15. The van der Waals surface area contributed by atoms with Crippen molar-refractivity contribution in [1.82, 2.24) is 5.01 Å². The van der Waals surface area contributed by atoms with E-state index in [1.165, 1.54) is 11.8 Å². The number of benzene rings is 3. The summed E-state index contributed by atoms with van der Waals surface area (Å²) < 4.78 is 5.31. The molecule has 2 aliphatic rings. The van der Waals surface area contributed by atoms with Crippen molar-refractivity contribution in [3.63, 3.8) is 0 Å². The fourth-order valence-electron chi connectivity index (χ4n) is 4.39. The Morgan fingerprint density at radius 1 is 1.08 bits per heavy atom. The van der Waals surface area contributed by atoms with E-state index in [1.807, 2.05) is 80.6 Å². The molecule has 5 rings (SSSR count). The zero-order valence-corrected chi connectivity index (χ0v) is 22.8. The molecule has 3 aromatic rings. The lowest BCUT2D eigenvalue weighted by molar-refractivity contribution is -0.121. The summed E-state index contributed by atoms with van der Waals surface area (Å²) in [6.07, 6.45) is 0.651. The number of hydrazone groups is 1. The van der Waals surface area contributed by atoms with Crippen LogP contribution in [0.25, 0.3) is 0 Å². The number of thioether (sulfide) groups is 1. The number of methoxy groups -OCH3 is 1. The van der Waals surface area contributed by atoms with Gasteiger partial charge in [0.25, 0.3) is 5.91 Å². The molecule has 2 aliphatic heterocycles. The molecule has 0 aromatic heterocycles. The fraction of sp³-hybridized carbons (Fsp3) is 0.241. The molecule has 0 fully saturated rings. The van der Waals surface area contributed by atoms with Gasteiger partial charge in [-0.1, -0.05) is 53.7 Å². The van der Waals surface area contributed by atoms with E-state index in [-0.39, 0.29) is 24.3 Å². The first-order valence-corrected chi connectivity index (χ1v) is 13.5. The number of carbonyl (C=O) groups is 2. The number of amides is 2. The second-order valence-corrected chi connectivity index (χ2v) is 10.9. The van der Waals surface area contributed by atoms with E-state index in [0.717, 1.165) is 33.7 Å². The van der Waals surface area contributed by atoms with E-state index >= 15 is 0 Å². The third-order valence-electron chi connectivity index (χ3n) is 6.67. The van der Waals surface area contributed by atoms with Crippen LogP contribution in [-0.2, 0) is 9.59 Å². The molecule has 38 heavy (non-hydrogen) atoms. The molecule has 0 spiro atoms. The minimum absolute atomic E-state index is 0.0260. The Kier molecular flexibility index (Phi) is 7.53. The van der Waals surface area contributed by atoms with Gasteiger partial charge < -0.3 is 10.1 Å². The van der Waals surface area contributed by atoms with Crippen LogP contribution >= 0.6 is 23.4 Å². The monoisotopic (exact) mass is 546 g/mol. The molecular weight excluding hydrogens is 520 g/mol. The van der Waals surface area contributed by atoms with Crippen LogP contribution in [0.15, 0.2) is 76.8 Å². The number of amidine groups is 1. The zero-order chi connectivity index (χ0) is 26.8. The summed E-state index contributed by atoms with van der Waals surface area (Å²) in [7, 11) is 1.63. The van der Waals surface area contributed by atoms with Crippen LogP contribution in [0.2, 0.25) is 5.02 Å². The number of ether oxygens (including phenoxy) is 1. The molecule has 3 aromatic carbocycles. The first-order chi connectivity index (χ1) is 18.3. The fourth-order valence-corrected chi connectivity index (χ4v) is 5.58. The number of nitrogens with one attached hydrogen (secondary N) is 1. The summed E-state index contributed by atoms with van der Waals surface area (Å²) in [5.74, 6) is 0.202. The van der Waals surface area contributed by atoms with Crippen molar-refractivity contribution in [2.75, 3.05) is 12.4 Å². The zero-order valence-electron chi connectivity index (χ0n) is 21.3. The van der Waals surface area contributed by atoms with Crippen LogP contribution in [0, 0.1) is 13.8 Å². The average molecular weight is 547 g/mol. The smallest absolute Gasteiger partial charge is 0.262 e. The van der Waals surface area contributed by atoms with E-state index in [9.17, 15) is 9.59 Å². The van der Waals surface area contributed by atoms with Crippen LogP contribution in [0.3, 0.4) is 0 Å². The Balaban J connectivity index is 1.34. The molecule has 0 saturated heterocycles. The van der Waals surface area contributed by atoms with Crippen LogP contribution in [-0.4, -0.2) is 40.1 Å². The van der Waals surface area contributed by atoms with Gasteiger partial charge in [-0.3, -0.25) is 9.59 Å². The number of rotatable bonds is 6. The van der Waals surface area contributed by atoms with Gasteiger partial charge in [-0.25, -0.2) is 5.01 Å². The van der Waals surface area contributed by atoms with Gasteiger partial charge in [0, 0.05) is 23.6 Å². The molecule has 0 aliphatic carbocycles. The van der Waals surface area contributed by atoms with Crippen LogP contribution in [0.4, 0.5) is 5.69 Å². The van der Waals surface area contributed by atoms with E-state index in [1.54, 1.807) is 12.1 Å². The van der Waals surface area contributed by atoms with Crippen LogP contribution in [0.1, 0.15) is 41.1 Å². The molecule has 1 N–H and O–H groups in total. The van der Waals surface area contributed by atoms with Gasteiger partial charge in [0.2, 0.25) is 5.91 Å². The number of carbonyl (C=O) groups excluding carboxylic acids is 2. The standard InChI is InChI=1S/C29H27ClN4O3S/c1-17-4-11-22(14-18(17)2)31-27(35)16-26-28(36)32-29(38-26)34-25(20-7-12-23(37-3)13-8-20)15-24(33-34)19-5-9-21(30)10-6-19/h4-14,25-26H,15-16H2,1-3H3,(H,31,35)/t25-,26+/m0/s1. The van der Waals surface area contributed by atoms with Crippen molar-refractivity contribution in [3.8, 4) is 5.75 Å². The maximum atomic E-state index is 12.8. The summed E-state index contributed by atoms with van der Waals surface area (Å²) in [4.78, 5) is 29.9. The Hall–Kier alpha value is -3.62. The van der Waals surface area contributed by atoms with Crippen molar-refractivity contribution in [2.45, 2.75) is 38.0 Å². The van der Waals surface area contributed by atoms with Gasteiger partial charge in [-0.2, -0.15) is 10.1 Å². The molecule has 0 saturated carbocycles. The van der Waals surface area contributed by atoms with Gasteiger partial charge in [0.1, 0.15) is 11.0 Å². The molecule has 9 heteroatoms. The number of nitrogens with zero attached hydrogens (tertiary/aromatic N) is 3. The highest BCUT2D eigenvalue weighted by Gasteiger charge is 2.39.